The van der Waals surface area contributed by atoms with E-state index in [9.17, 15) is 9.90 Å². The highest BCUT2D eigenvalue weighted by Crippen LogP contribution is 2.27. The van der Waals surface area contributed by atoms with E-state index in [0.717, 1.165) is 18.7 Å². The third-order valence-electron chi connectivity index (χ3n) is 4.17. The number of carbonyl (C=O) groups is 1. The minimum Gasteiger partial charge on any atom is -0.388 e. The number of pyridine rings is 1. The first kappa shape index (κ1) is 15.9. The Morgan fingerprint density at radius 1 is 1.43 bits per heavy atom. The van der Waals surface area contributed by atoms with Crippen LogP contribution in [0.3, 0.4) is 0 Å². The number of nitrogens with zero attached hydrogens (tertiary/aromatic N) is 5. The Morgan fingerprint density at radius 3 is 2.96 bits per heavy atom. The van der Waals surface area contributed by atoms with E-state index in [1.54, 1.807) is 15.5 Å². The SMILES string of the molecule is Cn1c(CO)nnc1[C@@H]1CCCN(C(=O)c2cncc(Cl)c2)C1. The number of piperidine rings is 1. The van der Waals surface area contributed by atoms with Crippen LogP contribution in [0.4, 0.5) is 0 Å². The van der Waals surface area contributed by atoms with Crippen LogP contribution in [0.15, 0.2) is 18.5 Å². The summed E-state index contributed by atoms with van der Waals surface area (Å²) in [4.78, 5) is 18.4. The van der Waals surface area contributed by atoms with Gasteiger partial charge in [0.1, 0.15) is 12.4 Å². The van der Waals surface area contributed by atoms with Gasteiger partial charge in [-0.25, -0.2) is 0 Å². The Kier molecular flexibility index (Phi) is 4.58. The van der Waals surface area contributed by atoms with E-state index in [1.165, 1.54) is 12.4 Å². The molecule has 0 spiro atoms. The van der Waals surface area contributed by atoms with Gasteiger partial charge in [0.15, 0.2) is 5.82 Å². The largest absolute Gasteiger partial charge is 0.388 e. The molecule has 0 unspecified atom stereocenters. The van der Waals surface area contributed by atoms with Crippen molar-refractivity contribution in [3.63, 3.8) is 0 Å². The van der Waals surface area contributed by atoms with Crippen LogP contribution in [0.25, 0.3) is 0 Å². The number of likely N-dealkylation sites (tertiary alicyclic amines) is 1. The molecule has 0 aliphatic carbocycles. The monoisotopic (exact) mass is 335 g/mol. The molecule has 1 aliphatic heterocycles. The fourth-order valence-corrected chi connectivity index (χ4v) is 3.13. The van der Waals surface area contributed by atoms with E-state index >= 15 is 0 Å². The number of hydrogen-bond donors (Lipinski definition) is 1. The predicted octanol–water partition coefficient (Wildman–Crippen LogP) is 1.38. The number of aliphatic hydroxyl groups is 1. The molecule has 1 aliphatic rings. The number of hydrogen-bond acceptors (Lipinski definition) is 5. The second kappa shape index (κ2) is 6.64. The summed E-state index contributed by atoms with van der Waals surface area (Å²) in [5.41, 5.74) is 0.493. The minimum absolute atomic E-state index is 0.0748. The van der Waals surface area contributed by atoms with Gasteiger partial charge in [-0.2, -0.15) is 0 Å². The van der Waals surface area contributed by atoms with Gasteiger partial charge in [-0.05, 0) is 18.9 Å². The van der Waals surface area contributed by atoms with Crippen LogP contribution in [-0.2, 0) is 13.7 Å². The maximum atomic E-state index is 12.6. The summed E-state index contributed by atoms with van der Waals surface area (Å²) in [5.74, 6) is 1.37. The van der Waals surface area contributed by atoms with Crippen LogP contribution in [-0.4, -0.2) is 48.8 Å². The first-order chi connectivity index (χ1) is 11.1. The Labute approximate surface area is 138 Å². The van der Waals surface area contributed by atoms with Gasteiger partial charge in [-0.15, -0.1) is 10.2 Å². The number of aromatic nitrogens is 4. The summed E-state index contributed by atoms with van der Waals surface area (Å²) in [7, 11) is 1.84. The Balaban J connectivity index is 1.78. The molecule has 23 heavy (non-hydrogen) atoms. The number of carbonyl (C=O) groups excluding carboxylic acids is 1. The van der Waals surface area contributed by atoms with Gasteiger partial charge >= 0.3 is 0 Å². The second-order valence-electron chi connectivity index (χ2n) is 5.67. The third-order valence-corrected chi connectivity index (χ3v) is 4.37. The highest BCUT2D eigenvalue weighted by Gasteiger charge is 2.29. The molecule has 122 valence electrons. The lowest BCUT2D eigenvalue weighted by Gasteiger charge is -2.32. The molecule has 1 atom stereocenters. The van der Waals surface area contributed by atoms with Gasteiger partial charge < -0.3 is 14.6 Å². The Morgan fingerprint density at radius 2 is 2.26 bits per heavy atom. The molecule has 0 aromatic carbocycles. The minimum atomic E-state index is -0.146. The van der Waals surface area contributed by atoms with Gasteiger partial charge in [-0.1, -0.05) is 11.6 Å². The fourth-order valence-electron chi connectivity index (χ4n) is 2.95. The second-order valence-corrected chi connectivity index (χ2v) is 6.11. The van der Waals surface area contributed by atoms with Crippen molar-refractivity contribution in [2.24, 2.45) is 7.05 Å². The van der Waals surface area contributed by atoms with Crippen LogP contribution >= 0.6 is 11.6 Å². The molecule has 2 aromatic rings. The quantitative estimate of drug-likeness (QED) is 0.916. The van der Waals surface area contributed by atoms with Crippen molar-refractivity contribution >= 4 is 17.5 Å². The molecule has 7 nitrogen and oxygen atoms in total. The zero-order valence-electron chi connectivity index (χ0n) is 12.8. The number of amides is 1. The van der Waals surface area contributed by atoms with E-state index in [0.29, 0.717) is 29.5 Å². The first-order valence-corrected chi connectivity index (χ1v) is 7.86. The number of halogens is 1. The molecule has 2 aromatic heterocycles. The maximum Gasteiger partial charge on any atom is 0.255 e. The topological polar surface area (TPSA) is 84.1 Å². The summed E-state index contributed by atoms with van der Waals surface area (Å²) in [6.45, 7) is 1.13. The maximum absolute atomic E-state index is 12.6. The lowest BCUT2D eigenvalue weighted by molar-refractivity contribution is 0.0703. The van der Waals surface area contributed by atoms with Crippen molar-refractivity contribution in [1.82, 2.24) is 24.6 Å². The first-order valence-electron chi connectivity index (χ1n) is 7.49. The lowest BCUT2D eigenvalue weighted by Crippen LogP contribution is -2.39. The van der Waals surface area contributed by atoms with Crippen molar-refractivity contribution in [2.45, 2.75) is 25.4 Å². The van der Waals surface area contributed by atoms with Crippen molar-refractivity contribution in [3.05, 3.63) is 40.7 Å². The van der Waals surface area contributed by atoms with Gasteiger partial charge in [0.05, 0.1) is 10.6 Å². The molecule has 1 fully saturated rings. The van der Waals surface area contributed by atoms with Crippen molar-refractivity contribution in [1.29, 1.82) is 0 Å². The summed E-state index contributed by atoms with van der Waals surface area (Å²) in [6, 6.07) is 1.63. The zero-order chi connectivity index (χ0) is 16.4. The molecule has 1 N–H and O–H groups in total. The summed E-state index contributed by atoms with van der Waals surface area (Å²) < 4.78 is 1.81. The molecule has 8 heteroatoms. The Hall–Kier alpha value is -1.99. The fraction of sp³-hybridized carbons (Fsp3) is 0.467. The van der Waals surface area contributed by atoms with Crippen molar-refractivity contribution < 1.29 is 9.90 Å². The van der Waals surface area contributed by atoms with Crippen LogP contribution in [0, 0.1) is 0 Å². The van der Waals surface area contributed by atoms with Crippen molar-refractivity contribution in [2.75, 3.05) is 13.1 Å². The highest BCUT2D eigenvalue weighted by molar-refractivity contribution is 6.30. The van der Waals surface area contributed by atoms with E-state index < -0.39 is 0 Å². The standard InChI is InChI=1S/C15H18ClN5O2/c1-20-13(9-22)18-19-14(20)10-3-2-4-21(8-10)15(23)11-5-12(16)7-17-6-11/h5-7,10,22H,2-4,8-9H2,1H3/t10-/m1/s1. The lowest BCUT2D eigenvalue weighted by atomic mass is 9.96. The summed E-state index contributed by atoms with van der Waals surface area (Å²) in [6.07, 6.45) is 4.87. The smallest absolute Gasteiger partial charge is 0.255 e. The Bertz CT molecular complexity index is 718. The molecule has 3 rings (SSSR count). The van der Waals surface area contributed by atoms with Crippen LogP contribution in [0.2, 0.25) is 5.02 Å². The van der Waals surface area contributed by atoms with E-state index in [1.807, 2.05) is 7.05 Å². The highest BCUT2D eigenvalue weighted by atomic mass is 35.5. The van der Waals surface area contributed by atoms with E-state index in [4.69, 9.17) is 11.6 Å². The van der Waals surface area contributed by atoms with Crippen LogP contribution in [0.5, 0.6) is 0 Å². The number of rotatable bonds is 3. The predicted molar refractivity (Wildman–Crippen MR) is 84.1 cm³/mol. The van der Waals surface area contributed by atoms with E-state index in [2.05, 4.69) is 15.2 Å². The molecular weight excluding hydrogens is 318 g/mol. The van der Waals surface area contributed by atoms with Crippen molar-refractivity contribution in [3.8, 4) is 0 Å². The molecule has 0 bridgehead atoms. The summed E-state index contributed by atoms with van der Waals surface area (Å²) in [5, 5.41) is 17.8. The third kappa shape index (κ3) is 3.20. The average molecular weight is 336 g/mol. The zero-order valence-corrected chi connectivity index (χ0v) is 13.6. The molecule has 3 heterocycles. The molecule has 0 radical (unpaired) electrons. The van der Waals surface area contributed by atoms with Gasteiger partial charge in [-0.3, -0.25) is 9.78 Å². The normalized spacial score (nSPS) is 18.2. The number of aliphatic hydroxyl groups excluding tert-OH is 1. The van der Waals surface area contributed by atoms with Gasteiger partial charge in [0.25, 0.3) is 5.91 Å². The van der Waals surface area contributed by atoms with Gasteiger partial charge in [0.2, 0.25) is 0 Å². The summed E-state index contributed by atoms with van der Waals surface area (Å²) >= 11 is 5.91. The van der Waals surface area contributed by atoms with Gasteiger partial charge in [0, 0.05) is 38.4 Å². The average Bonchev–Trinajstić information content (AvgIpc) is 2.95. The molecule has 0 saturated carbocycles. The van der Waals surface area contributed by atoms with E-state index in [-0.39, 0.29) is 18.4 Å². The molecular formula is C15H18ClN5O2. The molecule has 1 amide bonds. The van der Waals surface area contributed by atoms with Crippen LogP contribution in [0.1, 0.15) is 40.8 Å². The molecule has 1 saturated heterocycles. The van der Waals surface area contributed by atoms with Crippen LogP contribution < -0.4 is 0 Å².